The number of thioether (sulfide) groups is 1. The summed E-state index contributed by atoms with van der Waals surface area (Å²) in [6.45, 7) is 9.13. The van der Waals surface area contributed by atoms with E-state index in [0.29, 0.717) is 17.9 Å². The van der Waals surface area contributed by atoms with E-state index in [1.807, 2.05) is 20.8 Å². The number of halogens is 2. The van der Waals surface area contributed by atoms with Gasteiger partial charge in [0.05, 0.1) is 17.8 Å². The molecule has 41 heavy (non-hydrogen) atoms. The molecule has 1 aliphatic rings. The summed E-state index contributed by atoms with van der Waals surface area (Å²) in [5, 5.41) is 0.760. The van der Waals surface area contributed by atoms with Crippen molar-refractivity contribution in [2.75, 3.05) is 38.5 Å². The molecule has 3 heterocycles. The van der Waals surface area contributed by atoms with Gasteiger partial charge in [-0.1, -0.05) is 24.3 Å². The van der Waals surface area contributed by atoms with Gasteiger partial charge in [0.2, 0.25) is 0 Å². The monoisotopic (exact) mass is 580 g/mol. The Balaban J connectivity index is 1.27. The molecular weight excluding hydrogens is 546 g/mol. The standard InChI is InChI=1S/C30H34F2N6O2S/c1-30(2,3)29(39)40-24(17-41-28-25-27(34-18-33-25)35-19-36-28)16-37-12-14-38(15-13-37)26(20-4-8-22(31)9-5-20)21-6-10-23(32)11-7-21/h4-11,18-19,24,26H,12-17H2,1-3H3,(H,33,34,35,36). The van der Waals surface area contributed by atoms with Crippen molar-refractivity contribution in [2.24, 2.45) is 5.41 Å². The predicted octanol–water partition coefficient (Wildman–Crippen LogP) is 5.09. The lowest BCUT2D eigenvalue weighted by Gasteiger charge is -2.40. The number of aromatic amines is 1. The van der Waals surface area contributed by atoms with E-state index in [1.54, 1.807) is 30.6 Å². The van der Waals surface area contributed by atoms with Crippen LogP contribution in [0.4, 0.5) is 8.78 Å². The Labute approximate surface area is 242 Å². The number of piperazine rings is 1. The third-order valence-electron chi connectivity index (χ3n) is 7.09. The fourth-order valence-electron chi connectivity index (χ4n) is 4.87. The van der Waals surface area contributed by atoms with Gasteiger partial charge < -0.3 is 9.72 Å². The first kappa shape index (κ1) is 29.1. The van der Waals surface area contributed by atoms with Crippen molar-refractivity contribution in [3.8, 4) is 0 Å². The summed E-state index contributed by atoms with van der Waals surface area (Å²) in [6.07, 6.45) is 2.72. The zero-order valence-corrected chi connectivity index (χ0v) is 24.2. The highest BCUT2D eigenvalue weighted by Gasteiger charge is 2.31. The fraction of sp³-hybridized carbons (Fsp3) is 0.400. The van der Waals surface area contributed by atoms with Crippen LogP contribution in [0.1, 0.15) is 37.9 Å². The molecule has 1 fully saturated rings. The van der Waals surface area contributed by atoms with Crippen molar-refractivity contribution in [1.29, 1.82) is 0 Å². The molecule has 1 N–H and O–H groups in total. The first-order chi connectivity index (χ1) is 19.7. The highest BCUT2D eigenvalue weighted by molar-refractivity contribution is 7.99. The van der Waals surface area contributed by atoms with E-state index in [-0.39, 0.29) is 29.7 Å². The molecule has 4 aromatic rings. The van der Waals surface area contributed by atoms with E-state index >= 15 is 0 Å². The number of nitrogens with one attached hydrogen (secondary N) is 1. The molecule has 1 saturated heterocycles. The number of aromatic nitrogens is 4. The molecule has 11 heteroatoms. The second kappa shape index (κ2) is 12.6. The van der Waals surface area contributed by atoms with Crippen LogP contribution >= 0.6 is 11.8 Å². The van der Waals surface area contributed by atoms with Gasteiger partial charge in [-0.25, -0.2) is 23.7 Å². The average molecular weight is 581 g/mol. The summed E-state index contributed by atoms with van der Waals surface area (Å²) < 4.78 is 33.4. The molecular formula is C30H34F2N6O2S. The molecule has 2 aromatic heterocycles. The highest BCUT2D eigenvalue weighted by Crippen LogP contribution is 2.31. The summed E-state index contributed by atoms with van der Waals surface area (Å²) in [5.74, 6) is -0.300. The summed E-state index contributed by atoms with van der Waals surface area (Å²) in [4.78, 5) is 33.3. The van der Waals surface area contributed by atoms with Crippen LogP contribution in [0.15, 0.2) is 66.2 Å². The number of esters is 1. The Bertz CT molecular complexity index is 1410. The Hall–Kier alpha value is -3.41. The molecule has 2 aromatic carbocycles. The van der Waals surface area contributed by atoms with Crippen LogP contribution in [-0.2, 0) is 9.53 Å². The lowest BCUT2D eigenvalue weighted by Crippen LogP contribution is -2.50. The normalized spacial score (nSPS) is 15.9. The molecule has 0 amide bonds. The SMILES string of the molecule is CC(C)(C)C(=O)OC(CSc1ncnc2nc[nH]c12)CN1CCN(C(c2ccc(F)cc2)c2ccc(F)cc2)CC1. The molecule has 1 unspecified atom stereocenters. The van der Waals surface area contributed by atoms with Gasteiger partial charge in [-0.2, -0.15) is 0 Å². The predicted molar refractivity (Wildman–Crippen MR) is 154 cm³/mol. The molecule has 0 spiro atoms. The Morgan fingerprint density at radius 3 is 2.15 bits per heavy atom. The zero-order chi connectivity index (χ0) is 29.0. The van der Waals surface area contributed by atoms with Crippen LogP contribution < -0.4 is 0 Å². The topological polar surface area (TPSA) is 87.2 Å². The second-order valence-corrected chi connectivity index (χ2v) is 12.2. The van der Waals surface area contributed by atoms with Gasteiger partial charge in [0.25, 0.3) is 0 Å². The van der Waals surface area contributed by atoms with E-state index in [9.17, 15) is 13.6 Å². The number of rotatable bonds is 9. The smallest absolute Gasteiger partial charge is 0.311 e. The largest absolute Gasteiger partial charge is 0.460 e. The Kier molecular flexibility index (Phi) is 8.96. The van der Waals surface area contributed by atoms with Crippen molar-refractivity contribution >= 4 is 28.9 Å². The van der Waals surface area contributed by atoms with Gasteiger partial charge in [0, 0.05) is 38.5 Å². The van der Waals surface area contributed by atoms with E-state index in [4.69, 9.17) is 4.74 Å². The maximum Gasteiger partial charge on any atom is 0.311 e. The number of H-pyrrole nitrogens is 1. The molecule has 0 radical (unpaired) electrons. The lowest BCUT2D eigenvalue weighted by molar-refractivity contribution is -0.158. The van der Waals surface area contributed by atoms with Gasteiger partial charge in [-0.3, -0.25) is 14.6 Å². The summed E-state index contributed by atoms with van der Waals surface area (Å²) in [6, 6.07) is 12.9. The van der Waals surface area contributed by atoms with Crippen LogP contribution in [0.2, 0.25) is 0 Å². The van der Waals surface area contributed by atoms with Gasteiger partial charge in [0.1, 0.15) is 34.6 Å². The quantitative estimate of drug-likeness (QED) is 0.167. The third kappa shape index (κ3) is 7.27. The van der Waals surface area contributed by atoms with Crippen LogP contribution in [0.3, 0.4) is 0 Å². The molecule has 0 bridgehead atoms. The number of ether oxygens (including phenoxy) is 1. The van der Waals surface area contributed by atoms with Crippen molar-refractivity contribution in [3.63, 3.8) is 0 Å². The zero-order valence-electron chi connectivity index (χ0n) is 23.4. The van der Waals surface area contributed by atoms with Crippen molar-refractivity contribution in [1.82, 2.24) is 29.7 Å². The molecule has 216 valence electrons. The van der Waals surface area contributed by atoms with Crippen LogP contribution in [-0.4, -0.2) is 80.3 Å². The number of imidazole rings is 1. The molecule has 1 aliphatic heterocycles. The number of carbonyl (C=O) groups is 1. The Morgan fingerprint density at radius 2 is 1.56 bits per heavy atom. The minimum Gasteiger partial charge on any atom is -0.460 e. The molecule has 5 rings (SSSR count). The summed E-state index contributed by atoms with van der Waals surface area (Å²) >= 11 is 1.51. The summed E-state index contributed by atoms with van der Waals surface area (Å²) in [5.41, 5.74) is 2.65. The van der Waals surface area contributed by atoms with Crippen molar-refractivity contribution < 1.29 is 18.3 Å². The molecule has 8 nitrogen and oxygen atoms in total. The number of fused-ring (bicyclic) bond motifs is 1. The van der Waals surface area contributed by atoms with E-state index in [2.05, 4.69) is 29.7 Å². The van der Waals surface area contributed by atoms with E-state index in [1.165, 1.54) is 42.4 Å². The van der Waals surface area contributed by atoms with Crippen LogP contribution in [0, 0.1) is 17.0 Å². The first-order valence-corrected chi connectivity index (χ1v) is 14.6. The maximum atomic E-state index is 13.7. The average Bonchev–Trinajstić information content (AvgIpc) is 3.44. The fourth-order valence-corrected chi connectivity index (χ4v) is 5.81. The van der Waals surface area contributed by atoms with Gasteiger partial charge >= 0.3 is 5.97 Å². The minimum absolute atomic E-state index is 0.127. The van der Waals surface area contributed by atoms with Gasteiger partial charge in [-0.05, 0) is 56.2 Å². The van der Waals surface area contributed by atoms with Gasteiger partial charge in [0.15, 0.2) is 5.65 Å². The van der Waals surface area contributed by atoms with Gasteiger partial charge in [-0.15, -0.1) is 11.8 Å². The molecule has 0 aliphatic carbocycles. The number of hydrogen-bond donors (Lipinski definition) is 1. The maximum absolute atomic E-state index is 13.7. The Morgan fingerprint density at radius 1 is 0.951 bits per heavy atom. The second-order valence-electron chi connectivity index (χ2n) is 11.2. The first-order valence-electron chi connectivity index (χ1n) is 13.6. The number of carbonyl (C=O) groups excluding carboxylic acids is 1. The number of nitrogens with zero attached hydrogens (tertiary/aromatic N) is 5. The highest BCUT2D eigenvalue weighted by atomic mass is 32.2. The third-order valence-corrected chi connectivity index (χ3v) is 8.21. The van der Waals surface area contributed by atoms with Crippen LogP contribution in [0.5, 0.6) is 0 Å². The number of hydrogen-bond acceptors (Lipinski definition) is 8. The van der Waals surface area contributed by atoms with E-state index in [0.717, 1.165) is 47.8 Å². The molecule has 0 saturated carbocycles. The minimum atomic E-state index is -0.620. The van der Waals surface area contributed by atoms with Crippen molar-refractivity contribution in [2.45, 2.75) is 37.9 Å². The summed E-state index contributed by atoms with van der Waals surface area (Å²) in [7, 11) is 0. The lowest BCUT2D eigenvalue weighted by atomic mass is 9.96. The van der Waals surface area contributed by atoms with Crippen LogP contribution in [0.25, 0.3) is 11.2 Å². The van der Waals surface area contributed by atoms with Crippen molar-refractivity contribution in [3.05, 3.63) is 83.9 Å². The van der Waals surface area contributed by atoms with E-state index < -0.39 is 5.41 Å². The number of benzene rings is 2. The molecule has 1 atom stereocenters.